The lowest BCUT2D eigenvalue weighted by Crippen LogP contribution is -2.16. The summed E-state index contributed by atoms with van der Waals surface area (Å²) in [5, 5.41) is 0. The Balaban J connectivity index is -0.000000376. The van der Waals surface area contributed by atoms with Gasteiger partial charge in [-0.2, -0.15) is 0 Å². The average molecular weight is 202 g/mol. The number of hydrogen-bond acceptors (Lipinski definition) is 0. The van der Waals surface area contributed by atoms with E-state index in [1.165, 1.54) is 12.8 Å². The van der Waals surface area contributed by atoms with Gasteiger partial charge in [-0.15, -0.1) is 0 Å². The predicted molar refractivity (Wildman–Crippen MR) is 70.8 cm³/mol. The highest BCUT2D eigenvalue weighted by atomic mass is 14.3. The van der Waals surface area contributed by atoms with E-state index in [1.807, 2.05) is 13.8 Å². The Bertz CT molecular complexity index is 86.6. The van der Waals surface area contributed by atoms with Gasteiger partial charge in [0.2, 0.25) is 0 Å². The molecular weight excluding hydrogens is 168 g/mol. The minimum absolute atomic E-state index is 0. The highest BCUT2D eigenvalue weighted by Crippen LogP contribution is 2.31. The van der Waals surface area contributed by atoms with E-state index in [0.717, 1.165) is 11.8 Å². The standard InChI is InChI=1S/C11H24.C2H6.CH4/c1-9(2)7-11(5,6)8-10(3)4;1-2;/h9-10H,7-8H2,1-6H3;1-2H3;1H4. The van der Waals surface area contributed by atoms with Crippen molar-refractivity contribution in [2.24, 2.45) is 17.3 Å². The van der Waals surface area contributed by atoms with Crippen LogP contribution in [0.3, 0.4) is 0 Å². The second-order valence-corrected chi connectivity index (χ2v) is 5.36. The Morgan fingerprint density at radius 2 is 1.00 bits per heavy atom. The fourth-order valence-corrected chi connectivity index (χ4v) is 2.29. The predicted octanol–water partition coefficient (Wildman–Crippen LogP) is 5.77. The van der Waals surface area contributed by atoms with Crippen LogP contribution in [0.4, 0.5) is 0 Å². The molecular formula is C14H34. The average Bonchev–Trinajstić information content (AvgIpc) is 1.85. The molecule has 0 bridgehead atoms. The maximum atomic E-state index is 2.38. The summed E-state index contributed by atoms with van der Waals surface area (Å²) in [4.78, 5) is 0. The van der Waals surface area contributed by atoms with Gasteiger partial charge in [-0.1, -0.05) is 62.8 Å². The first-order valence-electron chi connectivity index (χ1n) is 5.83. The van der Waals surface area contributed by atoms with Gasteiger partial charge < -0.3 is 0 Å². The summed E-state index contributed by atoms with van der Waals surface area (Å²) in [5.41, 5.74) is 0.544. The maximum absolute atomic E-state index is 2.38. The van der Waals surface area contributed by atoms with Crippen LogP contribution < -0.4 is 0 Å². The second-order valence-electron chi connectivity index (χ2n) is 5.36. The van der Waals surface area contributed by atoms with Gasteiger partial charge >= 0.3 is 0 Å². The van der Waals surface area contributed by atoms with Crippen molar-refractivity contribution in [2.75, 3.05) is 0 Å². The third kappa shape index (κ3) is 14.5. The molecule has 0 fully saturated rings. The van der Waals surface area contributed by atoms with Gasteiger partial charge in [-0.3, -0.25) is 0 Å². The summed E-state index contributed by atoms with van der Waals surface area (Å²) in [6.45, 7) is 18.0. The molecule has 0 rings (SSSR count). The Hall–Kier alpha value is 0. The van der Waals surface area contributed by atoms with E-state index in [-0.39, 0.29) is 7.43 Å². The molecule has 0 spiro atoms. The van der Waals surface area contributed by atoms with Crippen molar-refractivity contribution in [1.82, 2.24) is 0 Å². The minimum Gasteiger partial charge on any atom is -0.0776 e. The molecule has 0 aliphatic carbocycles. The largest absolute Gasteiger partial charge is 0.0776 e. The van der Waals surface area contributed by atoms with Crippen LogP contribution in [0.1, 0.15) is 75.7 Å². The lowest BCUT2D eigenvalue weighted by Gasteiger charge is -2.28. The van der Waals surface area contributed by atoms with Gasteiger partial charge in [0.25, 0.3) is 0 Å². The van der Waals surface area contributed by atoms with Crippen LogP contribution in [0.15, 0.2) is 0 Å². The molecule has 0 amide bonds. The van der Waals surface area contributed by atoms with E-state index in [2.05, 4.69) is 41.5 Å². The zero-order valence-corrected chi connectivity index (χ0v) is 11.1. The zero-order chi connectivity index (χ0) is 11.1. The highest BCUT2D eigenvalue weighted by molar-refractivity contribution is 4.71. The number of hydrogen-bond donors (Lipinski definition) is 0. The van der Waals surface area contributed by atoms with Crippen LogP contribution in [-0.2, 0) is 0 Å². The topological polar surface area (TPSA) is 0 Å². The molecule has 0 aromatic heterocycles. The Kier molecular flexibility index (Phi) is 13.3. The SMILES string of the molecule is C.CC.CC(C)CC(C)(C)CC(C)C. The van der Waals surface area contributed by atoms with Crippen LogP contribution in [0.2, 0.25) is 0 Å². The quantitative estimate of drug-likeness (QED) is 0.543. The van der Waals surface area contributed by atoms with Crippen LogP contribution in [-0.4, -0.2) is 0 Å². The van der Waals surface area contributed by atoms with E-state index in [9.17, 15) is 0 Å². The fourth-order valence-electron chi connectivity index (χ4n) is 2.29. The molecule has 0 aliphatic rings. The summed E-state index contributed by atoms with van der Waals surface area (Å²) in [5.74, 6) is 1.67. The molecule has 0 unspecified atom stereocenters. The minimum atomic E-state index is 0. The van der Waals surface area contributed by atoms with Gasteiger partial charge in [0, 0.05) is 0 Å². The maximum Gasteiger partial charge on any atom is -0.0349 e. The lowest BCUT2D eigenvalue weighted by molar-refractivity contribution is 0.233. The Labute approximate surface area is 93.5 Å². The first-order chi connectivity index (χ1) is 5.83. The van der Waals surface area contributed by atoms with E-state index in [4.69, 9.17) is 0 Å². The molecule has 0 aromatic carbocycles. The summed E-state index contributed by atoms with van der Waals surface area (Å²) in [6, 6.07) is 0. The highest BCUT2D eigenvalue weighted by Gasteiger charge is 2.20. The molecule has 0 radical (unpaired) electrons. The summed E-state index contributed by atoms with van der Waals surface area (Å²) in [7, 11) is 0. The van der Waals surface area contributed by atoms with Gasteiger partial charge in [-0.05, 0) is 30.1 Å². The molecule has 0 aromatic rings. The van der Waals surface area contributed by atoms with Crippen LogP contribution in [0, 0.1) is 17.3 Å². The number of rotatable bonds is 4. The normalized spacial score (nSPS) is 10.7. The molecule has 0 aliphatic heterocycles. The first-order valence-corrected chi connectivity index (χ1v) is 5.83. The first kappa shape index (κ1) is 19.6. The van der Waals surface area contributed by atoms with Gasteiger partial charge in [-0.25, -0.2) is 0 Å². The molecule has 0 saturated heterocycles. The molecule has 0 heterocycles. The summed E-state index contributed by atoms with van der Waals surface area (Å²) < 4.78 is 0. The lowest BCUT2D eigenvalue weighted by atomic mass is 9.78. The van der Waals surface area contributed by atoms with Crippen molar-refractivity contribution in [1.29, 1.82) is 0 Å². The monoisotopic (exact) mass is 202 g/mol. The van der Waals surface area contributed by atoms with E-state index >= 15 is 0 Å². The van der Waals surface area contributed by atoms with Crippen molar-refractivity contribution in [2.45, 2.75) is 75.7 Å². The molecule has 0 nitrogen and oxygen atoms in total. The molecule has 90 valence electrons. The molecule has 0 atom stereocenters. The third-order valence-corrected chi connectivity index (χ3v) is 1.92. The molecule has 14 heavy (non-hydrogen) atoms. The zero-order valence-electron chi connectivity index (χ0n) is 11.1. The van der Waals surface area contributed by atoms with Crippen molar-refractivity contribution in [3.05, 3.63) is 0 Å². The van der Waals surface area contributed by atoms with E-state index in [0.29, 0.717) is 5.41 Å². The molecule has 0 saturated carbocycles. The van der Waals surface area contributed by atoms with E-state index < -0.39 is 0 Å². The van der Waals surface area contributed by atoms with Crippen molar-refractivity contribution >= 4 is 0 Å². The molecule has 0 N–H and O–H groups in total. The van der Waals surface area contributed by atoms with Crippen molar-refractivity contribution < 1.29 is 0 Å². The van der Waals surface area contributed by atoms with Gasteiger partial charge in [0.15, 0.2) is 0 Å². The van der Waals surface area contributed by atoms with Gasteiger partial charge in [0.05, 0.1) is 0 Å². The summed E-state index contributed by atoms with van der Waals surface area (Å²) in [6.07, 6.45) is 2.70. The van der Waals surface area contributed by atoms with Crippen molar-refractivity contribution in [3.63, 3.8) is 0 Å². The van der Waals surface area contributed by atoms with Crippen molar-refractivity contribution in [3.8, 4) is 0 Å². The van der Waals surface area contributed by atoms with Crippen LogP contribution >= 0.6 is 0 Å². The molecule has 0 heteroatoms. The smallest absolute Gasteiger partial charge is 0.0349 e. The second kappa shape index (κ2) is 9.55. The fraction of sp³-hybridized carbons (Fsp3) is 1.00. The van der Waals surface area contributed by atoms with Crippen LogP contribution in [0.25, 0.3) is 0 Å². The summed E-state index contributed by atoms with van der Waals surface area (Å²) >= 11 is 0. The van der Waals surface area contributed by atoms with E-state index in [1.54, 1.807) is 0 Å². The van der Waals surface area contributed by atoms with Crippen LogP contribution in [0.5, 0.6) is 0 Å². The third-order valence-electron chi connectivity index (χ3n) is 1.92. The Morgan fingerprint density at radius 1 is 0.786 bits per heavy atom. The van der Waals surface area contributed by atoms with Gasteiger partial charge in [0.1, 0.15) is 0 Å². The Morgan fingerprint density at radius 3 is 1.14 bits per heavy atom.